The molecule has 0 radical (unpaired) electrons. The molecular weight excluding hydrogens is 336 g/mol. The smallest absolute Gasteiger partial charge is 0.151 e. The van der Waals surface area contributed by atoms with Crippen LogP contribution in [0.2, 0.25) is 0 Å². The summed E-state index contributed by atoms with van der Waals surface area (Å²) in [5.74, 6) is 0. The van der Waals surface area contributed by atoms with Crippen molar-refractivity contribution in [1.82, 2.24) is 0 Å². The van der Waals surface area contributed by atoms with E-state index >= 15 is 0 Å². The lowest BCUT2D eigenvalue weighted by atomic mass is 10.0. The van der Waals surface area contributed by atoms with Crippen LogP contribution in [0.4, 0.5) is 0 Å². The van der Waals surface area contributed by atoms with E-state index in [0.717, 1.165) is 43.8 Å². The Kier molecular flexibility index (Phi) is 18.9. The number of carbonyl (C=O) groups is 2. The summed E-state index contributed by atoms with van der Waals surface area (Å²) in [7, 11) is 0. The molecule has 2 atom stereocenters. The summed E-state index contributed by atoms with van der Waals surface area (Å²) >= 11 is 0. The van der Waals surface area contributed by atoms with Crippen LogP contribution < -0.4 is 0 Å². The molecule has 6 nitrogen and oxygen atoms in total. The Morgan fingerprint density at radius 2 is 1.50 bits per heavy atom. The topological polar surface area (TPSA) is 117 Å². The Morgan fingerprint density at radius 3 is 1.88 bits per heavy atom. The van der Waals surface area contributed by atoms with Crippen LogP contribution in [0, 0.1) is 0 Å². The van der Waals surface area contributed by atoms with Gasteiger partial charge in [-0.2, -0.15) is 0 Å². The SMILES string of the molecule is CC(C)=CCC/C(C)=C/C=O.CC(C)=CCCC1(C)OC1C=O.OO.[OH-]. The van der Waals surface area contributed by atoms with E-state index in [4.69, 9.17) is 15.3 Å². The number of hydrogen-bond donors (Lipinski definition) is 2. The number of allylic oxidation sites excluding steroid dienone is 6. The highest BCUT2D eigenvalue weighted by atomic mass is 17.0. The third-order valence-electron chi connectivity index (χ3n) is 3.70. The first-order valence-corrected chi connectivity index (χ1v) is 8.46. The number of carbonyl (C=O) groups excluding carboxylic acids is 2. The lowest BCUT2D eigenvalue weighted by Crippen LogP contribution is -2.09. The summed E-state index contributed by atoms with van der Waals surface area (Å²) in [5, 5.41) is 12.0. The fraction of sp³-hybridized carbons (Fsp3) is 0.600. The van der Waals surface area contributed by atoms with Crippen molar-refractivity contribution >= 4 is 12.6 Å². The van der Waals surface area contributed by atoms with Crippen molar-refractivity contribution in [3.8, 4) is 0 Å². The zero-order chi connectivity index (χ0) is 19.9. The number of aldehydes is 2. The second kappa shape index (κ2) is 16.8. The first kappa shape index (κ1) is 29.2. The van der Waals surface area contributed by atoms with Gasteiger partial charge in [0, 0.05) is 0 Å². The molecule has 2 unspecified atom stereocenters. The van der Waals surface area contributed by atoms with Gasteiger partial charge >= 0.3 is 0 Å². The molecule has 26 heavy (non-hydrogen) atoms. The van der Waals surface area contributed by atoms with Gasteiger partial charge < -0.3 is 15.0 Å². The third kappa shape index (κ3) is 15.9. The number of ether oxygens (including phenoxy) is 1. The molecule has 1 aliphatic rings. The van der Waals surface area contributed by atoms with Crippen LogP contribution in [-0.2, 0) is 14.3 Å². The number of rotatable bonds is 8. The van der Waals surface area contributed by atoms with E-state index in [1.165, 1.54) is 11.1 Å². The largest absolute Gasteiger partial charge is 0.870 e. The summed E-state index contributed by atoms with van der Waals surface area (Å²) in [6, 6.07) is 0. The highest BCUT2D eigenvalue weighted by Gasteiger charge is 2.51. The van der Waals surface area contributed by atoms with Crippen LogP contribution in [0.3, 0.4) is 0 Å². The molecule has 1 saturated heterocycles. The highest BCUT2D eigenvalue weighted by Crippen LogP contribution is 2.38. The Bertz CT molecular complexity index is 471. The van der Waals surface area contributed by atoms with Gasteiger partial charge in [0.05, 0.1) is 5.60 Å². The van der Waals surface area contributed by atoms with E-state index in [-0.39, 0.29) is 17.2 Å². The molecule has 1 rings (SSSR count). The van der Waals surface area contributed by atoms with Crippen LogP contribution in [0.1, 0.15) is 67.2 Å². The second-order valence-electron chi connectivity index (χ2n) is 6.78. The molecule has 0 aromatic heterocycles. The average molecular weight is 371 g/mol. The molecular formula is C20H35O6-. The van der Waals surface area contributed by atoms with Crippen LogP contribution >= 0.6 is 0 Å². The van der Waals surface area contributed by atoms with Crippen molar-refractivity contribution in [1.29, 1.82) is 0 Å². The van der Waals surface area contributed by atoms with E-state index in [9.17, 15) is 9.59 Å². The highest BCUT2D eigenvalue weighted by molar-refractivity contribution is 5.65. The fourth-order valence-electron chi connectivity index (χ4n) is 2.06. The standard InChI is InChI=1S/C10H16O2.C10H16O.H2O2.H2O/c1-8(2)5-4-6-10(3)9(7-11)12-10;1-9(2)5-4-6-10(3)7-8-11;1-2;/h5,7,9H,4,6H2,1-3H3;5,7-8H,4,6H2,1-3H3;1-2H;1H2/p-1/b;10-7+;;. The van der Waals surface area contributed by atoms with Crippen molar-refractivity contribution in [3.05, 3.63) is 34.9 Å². The minimum atomic E-state index is -0.159. The maximum absolute atomic E-state index is 10.3. The molecule has 0 bridgehead atoms. The van der Waals surface area contributed by atoms with E-state index < -0.39 is 0 Å². The molecule has 1 aliphatic heterocycles. The zero-order valence-electron chi connectivity index (χ0n) is 16.9. The van der Waals surface area contributed by atoms with Gasteiger partial charge in [0.15, 0.2) is 6.29 Å². The monoisotopic (exact) mass is 371 g/mol. The molecule has 0 amide bonds. The van der Waals surface area contributed by atoms with Crippen LogP contribution in [0.15, 0.2) is 34.9 Å². The first-order valence-electron chi connectivity index (χ1n) is 8.46. The van der Waals surface area contributed by atoms with Gasteiger partial charge in [0.25, 0.3) is 0 Å². The minimum Gasteiger partial charge on any atom is -0.870 e. The van der Waals surface area contributed by atoms with Crippen molar-refractivity contribution in [2.75, 3.05) is 0 Å². The molecule has 1 fully saturated rings. The van der Waals surface area contributed by atoms with Crippen LogP contribution in [0.5, 0.6) is 0 Å². The van der Waals surface area contributed by atoms with Gasteiger partial charge in [0.1, 0.15) is 12.4 Å². The lowest BCUT2D eigenvalue weighted by molar-refractivity contribution is -0.176. The maximum Gasteiger partial charge on any atom is 0.151 e. The summed E-state index contributed by atoms with van der Waals surface area (Å²) in [6.07, 6.45) is 11.5. The van der Waals surface area contributed by atoms with E-state index in [1.54, 1.807) is 6.08 Å². The Balaban J connectivity index is -0.000000360. The molecule has 0 aromatic carbocycles. The Labute approximate surface area is 157 Å². The molecule has 0 spiro atoms. The first-order chi connectivity index (χ1) is 11.7. The fourth-order valence-corrected chi connectivity index (χ4v) is 2.06. The van der Waals surface area contributed by atoms with Gasteiger partial charge in [-0.3, -0.25) is 15.3 Å². The predicted molar refractivity (Wildman–Crippen MR) is 104 cm³/mol. The Morgan fingerprint density at radius 1 is 1.00 bits per heavy atom. The van der Waals surface area contributed by atoms with E-state index in [2.05, 4.69) is 39.8 Å². The van der Waals surface area contributed by atoms with E-state index in [1.807, 2.05) is 13.8 Å². The number of hydrogen-bond acceptors (Lipinski definition) is 6. The molecule has 0 aromatic rings. The van der Waals surface area contributed by atoms with Crippen molar-refractivity contribution in [3.63, 3.8) is 0 Å². The molecule has 6 heteroatoms. The predicted octanol–water partition coefficient (Wildman–Crippen LogP) is 4.81. The van der Waals surface area contributed by atoms with Crippen LogP contribution in [-0.4, -0.2) is 40.3 Å². The van der Waals surface area contributed by atoms with Crippen LogP contribution in [0.25, 0.3) is 0 Å². The number of epoxide rings is 1. The maximum atomic E-state index is 10.3. The van der Waals surface area contributed by atoms with Crippen molar-refractivity contribution in [2.45, 2.75) is 78.9 Å². The Hall–Kier alpha value is -1.60. The lowest BCUT2D eigenvalue weighted by Gasteiger charge is -2.01. The van der Waals surface area contributed by atoms with E-state index in [0.29, 0.717) is 0 Å². The van der Waals surface area contributed by atoms with Gasteiger partial charge in [-0.1, -0.05) is 28.9 Å². The molecule has 1 heterocycles. The third-order valence-corrected chi connectivity index (χ3v) is 3.70. The van der Waals surface area contributed by atoms with Gasteiger partial charge in [-0.15, -0.1) is 0 Å². The van der Waals surface area contributed by atoms with Crippen molar-refractivity contribution < 1.29 is 30.3 Å². The summed E-state index contributed by atoms with van der Waals surface area (Å²) in [4.78, 5) is 20.4. The normalized spacial score (nSPS) is 20.0. The second-order valence-corrected chi connectivity index (χ2v) is 6.78. The molecule has 3 N–H and O–H groups in total. The summed E-state index contributed by atoms with van der Waals surface area (Å²) < 4.78 is 5.24. The molecule has 0 aliphatic carbocycles. The van der Waals surface area contributed by atoms with Crippen molar-refractivity contribution in [2.24, 2.45) is 0 Å². The average Bonchev–Trinajstić information content (AvgIpc) is 3.20. The summed E-state index contributed by atoms with van der Waals surface area (Å²) in [5.41, 5.74) is 3.65. The van der Waals surface area contributed by atoms with Gasteiger partial charge in [0.2, 0.25) is 0 Å². The van der Waals surface area contributed by atoms with Gasteiger partial charge in [-0.05, 0) is 73.3 Å². The molecule has 152 valence electrons. The summed E-state index contributed by atoms with van der Waals surface area (Å²) in [6.45, 7) is 12.3. The molecule has 0 saturated carbocycles. The minimum absolute atomic E-state index is 0. The zero-order valence-corrected chi connectivity index (χ0v) is 16.9. The van der Waals surface area contributed by atoms with Gasteiger partial charge in [-0.25, -0.2) is 0 Å². The quantitative estimate of drug-likeness (QED) is 0.158.